The molecule has 2 rings (SSSR count). The lowest BCUT2D eigenvalue weighted by Gasteiger charge is -2.07. The molecule has 0 radical (unpaired) electrons. The molecule has 2 aromatic rings. The summed E-state index contributed by atoms with van der Waals surface area (Å²) in [6.45, 7) is 3.51. The largest absolute Gasteiger partial charge is 0.326 e. The van der Waals surface area contributed by atoms with E-state index in [0.29, 0.717) is 18.8 Å². The Hall–Kier alpha value is -2.28. The Morgan fingerprint density at radius 2 is 2.24 bits per heavy atom. The first-order valence-electron chi connectivity index (χ1n) is 7.05. The van der Waals surface area contributed by atoms with E-state index in [1.165, 1.54) is 0 Å². The minimum absolute atomic E-state index is 0.0116. The minimum Gasteiger partial charge on any atom is -0.326 e. The van der Waals surface area contributed by atoms with Crippen LogP contribution in [0, 0.1) is 0 Å². The van der Waals surface area contributed by atoms with E-state index in [0.717, 1.165) is 24.2 Å². The maximum absolute atomic E-state index is 11.8. The Morgan fingerprint density at radius 3 is 3.00 bits per heavy atom. The third-order valence-corrected chi connectivity index (χ3v) is 3.07. The van der Waals surface area contributed by atoms with Gasteiger partial charge in [-0.2, -0.15) is 0 Å². The molecule has 0 fully saturated rings. The van der Waals surface area contributed by atoms with Crippen LogP contribution in [0.2, 0.25) is 0 Å². The van der Waals surface area contributed by atoms with Crippen molar-refractivity contribution in [1.82, 2.24) is 25.5 Å². The quantitative estimate of drug-likeness (QED) is 0.750. The molecule has 1 aromatic heterocycles. The van der Waals surface area contributed by atoms with Crippen LogP contribution in [-0.4, -0.2) is 39.7 Å². The molecule has 0 bridgehead atoms. The van der Waals surface area contributed by atoms with E-state index >= 15 is 0 Å². The number of nitrogens with zero attached hydrogens (tertiary/aromatic N) is 4. The first-order valence-corrected chi connectivity index (χ1v) is 7.05. The molecule has 0 unspecified atom stereocenters. The number of aromatic nitrogens is 4. The van der Waals surface area contributed by atoms with E-state index in [1.807, 2.05) is 38.2 Å². The molecule has 0 saturated heterocycles. The Morgan fingerprint density at radius 1 is 1.38 bits per heavy atom. The molecular formula is C14H20N6O. The number of carbonyl (C=O) groups excluding carboxylic acids is 1. The Kier molecular flexibility index (Phi) is 5.39. The van der Waals surface area contributed by atoms with Gasteiger partial charge in [-0.3, -0.25) is 4.79 Å². The SMILES string of the molecule is CCn1nnnc1-c1cccc(NC(=O)CCCNC)c1. The average Bonchev–Trinajstić information content (AvgIpc) is 2.96. The van der Waals surface area contributed by atoms with Crippen LogP contribution in [0.25, 0.3) is 11.4 Å². The molecule has 0 aliphatic carbocycles. The van der Waals surface area contributed by atoms with Crippen LogP contribution in [0.4, 0.5) is 5.69 Å². The summed E-state index contributed by atoms with van der Waals surface area (Å²) in [5, 5.41) is 17.5. The number of tetrazole rings is 1. The van der Waals surface area contributed by atoms with Crippen LogP contribution in [0.1, 0.15) is 19.8 Å². The lowest BCUT2D eigenvalue weighted by atomic mass is 10.2. The minimum atomic E-state index is 0.0116. The van der Waals surface area contributed by atoms with Gasteiger partial charge in [0.25, 0.3) is 0 Å². The van der Waals surface area contributed by atoms with Crippen LogP contribution in [0.5, 0.6) is 0 Å². The number of rotatable bonds is 7. The normalized spacial score (nSPS) is 10.6. The third-order valence-electron chi connectivity index (χ3n) is 3.07. The molecule has 7 heteroatoms. The second kappa shape index (κ2) is 7.49. The average molecular weight is 288 g/mol. The number of hydrogen-bond acceptors (Lipinski definition) is 5. The van der Waals surface area contributed by atoms with E-state index in [-0.39, 0.29) is 5.91 Å². The summed E-state index contributed by atoms with van der Waals surface area (Å²) in [4.78, 5) is 11.8. The molecule has 0 spiro atoms. The molecule has 0 aliphatic heterocycles. The monoisotopic (exact) mass is 288 g/mol. The number of hydrogen-bond donors (Lipinski definition) is 2. The number of aryl methyl sites for hydroxylation is 1. The van der Waals surface area contributed by atoms with Crippen molar-refractivity contribution in [3.05, 3.63) is 24.3 Å². The maximum Gasteiger partial charge on any atom is 0.224 e. The number of anilines is 1. The van der Waals surface area contributed by atoms with Gasteiger partial charge in [0.15, 0.2) is 5.82 Å². The maximum atomic E-state index is 11.8. The summed E-state index contributed by atoms with van der Waals surface area (Å²) in [7, 11) is 1.87. The van der Waals surface area contributed by atoms with Crippen molar-refractivity contribution < 1.29 is 4.79 Å². The van der Waals surface area contributed by atoms with Gasteiger partial charge < -0.3 is 10.6 Å². The van der Waals surface area contributed by atoms with Crippen molar-refractivity contribution in [2.24, 2.45) is 0 Å². The topological polar surface area (TPSA) is 84.7 Å². The molecule has 0 atom stereocenters. The zero-order valence-electron chi connectivity index (χ0n) is 12.3. The van der Waals surface area contributed by atoms with Gasteiger partial charge in [0.1, 0.15) is 0 Å². The summed E-state index contributed by atoms with van der Waals surface area (Å²) in [5.74, 6) is 0.710. The van der Waals surface area contributed by atoms with Gasteiger partial charge in [-0.25, -0.2) is 4.68 Å². The van der Waals surface area contributed by atoms with Gasteiger partial charge in [0.2, 0.25) is 5.91 Å². The smallest absolute Gasteiger partial charge is 0.224 e. The predicted molar refractivity (Wildman–Crippen MR) is 80.7 cm³/mol. The number of amides is 1. The van der Waals surface area contributed by atoms with Crippen molar-refractivity contribution in [1.29, 1.82) is 0 Å². The molecule has 112 valence electrons. The van der Waals surface area contributed by atoms with E-state index in [4.69, 9.17) is 0 Å². The van der Waals surface area contributed by atoms with Crippen LogP contribution >= 0.6 is 0 Å². The van der Waals surface area contributed by atoms with Gasteiger partial charge in [-0.05, 0) is 49.5 Å². The molecular weight excluding hydrogens is 268 g/mol. The van der Waals surface area contributed by atoms with Gasteiger partial charge >= 0.3 is 0 Å². The van der Waals surface area contributed by atoms with E-state index in [1.54, 1.807) is 4.68 Å². The first-order chi connectivity index (χ1) is 10.2. The standard InChI is InChI=1S/C14H20N6O/c1-3-20-14(17-18-19-20)11-6-4-7-12(10-11)16-13(21)8-5-9-15-2/h4,6-7,10,15H,3,5,8-9H2,1-2H3,(H,16,21). The fourth-order valence-corrected chi connectivity index (χ4v) is 2.01. The van der Waals surface area contributed by atoms with Gasteiger partial charge in [0.05, 0.1) is 0 Å². The zero-order valence-corrected chi connectivity index (χ0v) is 12.3. The van der Waals surface area contributed by atoms with Crippen molar-refractivity contribution in [2.45, 2.75) is 26.3 Å². The van der Waals surface area contributed by atoms with Crippen LogP contribution in [0.3, 0.4) is 0 Å². The molecule has 0 aliphatic rings. The highest BCUT2D eigenvalue weighted by Crippen LogP contribution is 2.20. The zero-order chi connectivity index (χ0) is 15.1. The predicted octanol–water partition coefficient (Wildman–Crippen LogP) is 1.30. The highest BCUT2D eigenvalue weighted by molar-refractivity contribution is 5.91. The molecule has 1 heterocycles. The van der Waals surface area contributed by atoms with Gasteiger partial charge in [0, 0.05) is 24.2 Å². The molecule has 1 aromatic carbocycles. The first kappa shape index (κ1) is 15.1. The van der Waals surface area contributed by atoms with E-state index in [9.17, 15) is 4.79 Å². The van der Waals surface area contributed by atoms with Crippen molar-refractivity contribution in [2.75, 3.05) is 18.9 Å². The van der Waals surface area contributed by atoms with Crippen molar-refractivity contribution in [3.8, 4) is 11.4 Å². The number of nitrogens with one attached hydrogen (secondary N) is 2. The van der Waals surface area contributed by atoms with Gasteiger partial charge in [-0.15, -0.1) is 5.10 Å². The van der Waals surface area contributed by atoms with E-state index < -0.39 is 0 Å². The second-order valence-corrected chi connectivity index (χ2v) is 4.65. The summed E-state index contributed by atoms with van der Waals surface area (Å²) < 4.78 is 1.72. The highest BCUT2D eigenvalue weighted by atomic mass is 16.1. The highest BCUT2D eigenvalue weighted by Gasteiger charge is 2.09. The number of carbonyl (C=O) groups is 1. The lowest BCUT2D eigenvalue weighted by Crippen LogP contribution is -2.15. The van der Waals surface area contributed by atoms with Crippen LogP contribution in [-0.2, 0) is 11.3 Å². The molecule has 21 heavy (non-hydrogen) atoms. The fourth-order valence-electron chi connectivity index (χ4n) is 2.01. The third kappa shape index (κ3) is 4.09. The molecule has 2 N–H and O–H groups in total. The molecule has 0 saturated carbocycles. The van der Waals surface area contributed by atoms with E-state index in [2.05, 4.69) is 26.2 Å². The van der Waals surface area contributed by atoms with Crippen LogP contribution in [0.15, 0.2) is 24.3 Å². The summed E-state index contributed by atoms with van der Waals surface area (Å²) in [6.07, 6.45) is 1.31. The molecule has 1 amide bonds. The lowest BCUT2D eigenvalue weighted by molar-refractivity contribution is -0.116. The summed E-state index contributed by atoms with van der Waals surface area (Å²) >= 11 is 0. The van der Waals surface area contributed by atoms with Crippen molar-refractivity contribution in [3.63, 3.8) is 0 Å². The van der Waals surface area contributed by atoms with Crippen LogP contribution < -0.4 is 10.6 Å². The summed E-state index contributed by atoms with van der Waals surface area (Å²) in [5.41, 5.74) is 1.64. The Balaban J connectivity index is 2.06. The number of benzene rings is 1. The second-order valence-electron chi connectivity index (χ2n) is 4.65. The Labute approximate surface area is 123 Å². The molecule has 7 nitrogen and oxygen atoms in total. The summed E-state index contributed by atoms with van der Waals surface area (Å²) in [6, 6.07) is 7.55. The fraction of sp³-hybridized carbons (Fsp3) is 0.429. The Bertz CT molecular complexity index is 595. The van der Waals surface area contributed by atoms with Crippen molar-refractivity contribution >= 4 is 11.6 Å². The van der Waals surface area contributed by atoms with Gasteiger partial charge in [-0.1, -0.05) is 12.1 Å².